The Morgan fingerprint density at radius 3 is 1.89 bits per heavy atom. The standard InChI is InChI=1S/C22H17N3O2/c23-16-20(15-17-11-13-21(14-12-17)25(26)27)24-22(18-7-3-1-4-8-18)19-9-5-2-6-10-19/h1-14,20H,15H2. The van der Waals surface area contributed by atoms with Gasteiger partial charge in [0.25, 0.3) is 5.69 Å². The Kier molecular flexibility index (Phi) is 5.70. The van der Waals surface area contributed by atoms with E-state index >= 15 is 0 Å². The van der Waals surface area contributed by atoms with Crippen molar-refractivity contribution in [1.29, 1.82) is 5.26 Å². The van der Waals surface area contributed by atoms with Gasteiger partial charge in [-0.3, -0.25) is 15.1 Å². The lowest BCUT2D eigenvalue weighted by molar-refractivity contribution is -0.384. The summed E-state index contributed by atoms with van der Waals surface area (Å²) in [5.74, 6) is 0. The van der Waals surface area contributed by atoms with E-state index in [4.69, 9.17) is 4.99 Å². The minimum atomic E-state index is -0.595. The molecule has 3 aromatic rings. The second-order valence-electron chi connectivity index (χ2n) is 5.98. The first-order valence-electron chi connectivity index (χ1n) is 8.49. The Morgan fingerprint density at radius 2 is 1.44 bits per heavy atom. The van der Waals surface area contributed by atoms with Crippen LogP contribution >= 0.6 is 0 Å². The molecule has 0 fully saturated rings. The predicted octanol–water partition coefficient (Wildman–Crippen LogP) is 4.57. The van der Waals surface area contributed by atoms with E-state index in [-0.39, 0.29) is 5.69 Å². The topological polar surface area (TPSA) is 79.3 Å². The fraction of sp³-hybridized carbons (Fsp3) is 0.0909. The quantitative estimate of drug-likeness (QED) is 0.369. The summed E-state index contributed by atoms with van der Waals surface area (Å²) in [6, 6.07) is 27.3. The number of nitro benzene ring substituents is 1. The van der Waals surface area contributed by atoms with Gasteiger partial charge >= 0.3 is 0 Å². The minimum Gasteiger partial charge on any atom is -0.265 e. The summed E-state index contributed by atoms with van der Waals surface area (Å²) < 4.78 is 0. The number of nitrogens with zero attached hydrogens (tertiary/aromatic N) is 3. The van der Waals surface area contributed by atoms with Crippen LogP contribution in [0.1, 0.15) is 16.7 Å². The van der Waals surface area contributed by atoms with E-state index in [1.54, 1.807) is 12.1 Å². The molecular formula is C22H17N3O2. The molecule has 0 aliphatic rings. The molecule has 0 aliphatic heterocycles. The zero-order valence-corrected chi connectivity index (χ0v) is 14.5. The molecule has 5 nitrogen and oxygen atoms in total. The van der Waals surface area contributed by atoms with Crippen molar-refractivity contribution in [2.75, 3.05) is 0 Å². The summed E-state index contributed by atoms with van der Waals surface area (Å²) in [5, 5.41) is 20.4. The van der Waals surface area contributed by atoms with Crippen molar-refractivity contribution in [3.63, 3.8) is 0 Å². The molecule has 1 atom stereocenters. The van der Waals surface area contributed by atoms with Gasteiger partial charge in [-0.2, -0.15) is 5.26 Å². The normalized spacial score (nSPS) is 11.2. The largest absolute Gasteiger partial charge is 0.269 e. The van der Waals surface area contributed by atoms with Crippen molar-refractivity contribution in [2.45, 2.75) is 12.5 Å². The average molecular weight is 355 g/mol. The van der Waals surface area contributed by atoms with Crippen LogP contribution in [0.3, 0.4) is 0 Å². The summed E-state index contributed by atoms with van der Waals surface area (Å²) >= 11 is 0. The van der Waals surface area contributed by atoms with Gasteiger partial charge in [0.1, 0.15) is 6.04 Å². The Balaban J connectivity index is 1.92. The van der Waals surface area contributed by atoms with E-state index in [1.165, 1.54) is 12.1 Å². The van der Waals surface area contributed by atoms with Gasteiger partial charge < -0.3 is 0 Å². The highest BCUT2D eigenvalue weighted by Crippen LogP contribution is 2.16. The Morgan fingerprint density at radius 1 is 0.926 bits per heavy atom. The molecule has 0 saturated heterocycles. The summed E-state index contributed by atoms with van der Waals surface area (Å²) in [6.45, 7) is 0. The smallest absolute Gasteiger partial charge is 0.265 e. The number of rotatable bonds is 6. The first kappa shape index (κ1) is 18.0. The van der Waals surface area contributed by atoms with Crippen LogP contribution < -0.4 is 0 Å². The SMILES string of the molecule is N#CC(Cc1ccc([N+](=O)[O-])cc1)N=C(c1ccccc1)c1ccccc1. The predicted molar refractivity (Wildman–Crippen MR) is 105 cm³/mol. The number of hydrogen-bond acceptors (Lipinski definition) is 4. The lowest BCUT2D eigenvalue weighted by Crippen LogP contribution is -2.12. The molecule has 0 heterocycles. The van der Waals surface area contributed by atoms with Gasteiger partial charge in [-0.05, 0) is 5.56 Å². The van der Waals surface area contributed by atoms with Crippen molar-refractivity contribution >= 4 is 11.4 Å². The molecule has 3 rings (SSSR count). The Hall–Kier alpha value is -3.78. The van der Waals surface area contributed by atoms with Gasteiger partial charge in [0.15, 0.2) is 0 Å². The van der Waals surface area contributed by atoms with Crippen LogP contribution in [0.5, 0.6) is 0 Å². The molecule has 3 aromatic carbocycles. The molecule has 132 valence electrons. The maximum Gasteiger partial charge on any atom is 0.269 e. The minimum absolute atomic E-state index is 0.0324. The molecule has 0 saturated carbocycles. The monoisotopic (exact) mass is 355 g/mol. The van der Waals surface area contributed by atoms with E-state index in [0.717, 1.165) is 22.4 Å². The second kappa shape index (κ2) is 8.54. The fourth-order valence-corrected chi connectivity index (χ4v) is 2.76. The summed E-state index contributed by atoms with van der Waals surface area (Å²) in [4.78, 5) is 15.1. The van der Waals surface area contributed by atoms with Crippen LogP contribution in [0.2, 0.25) is 0 Å². The number of non-ortho nitro benzene ring substituents is 1. The number of benzene rings is 3. The molecule has 0 spiro atoms. The van der Waals surface area contributed by atoms with Crippen molar-refractivity contribution in [2.24, 2.45) is 4.99 Å². The van der Waals surface area contributed by atoms with Crippen molar-refractivity contribution in [3.05, 3.63) is 112 Å². The van der Waals surface area contributed by atoms with Crippen LogP contribution in [0.4, 0.5) is 5.69 Å². The van der Waals surface area contributed by atoms with E-state index < -0.39 is 11.0 Å². The summed E-state index contributed by atoms with van der Waals surface area (Å²) in [6.07, 6.45) is 0.387. The van der Waals surface area contributed by atoms with Gasteiger partial charge in [0.05, 0.1) is 16.7 Å². The van der Waals surface area contributed by atoms with Gasteiger partial charge in [-0.1, -0.05) is 72.8 Å². The first-order chi connectivity index (χ1) is 13.2. The van der Waals surface area contributed by atoms with Crippen molar-refractivity contribution < 1.29 is 4.92 Å². The fourth-order valence-electron chi connectivity index (χ4n) is 2.76. The highest BCUT2D eigenvalue weighted by Gasteiger charge is 2.13. The van der Waals surface area contributed by atoms with Gasteiger partial charge in [-0.15, -0.1) is 0 Å². The van der Waals surface area contributed by atoms with Gasteiger partial charge in [-0.25, -0.2) is 0 Å². The Labute approximate surface area is 157 Å². The molecule has 1 unspecified atom stereocenters. The maximum absolute atomic E-state index is 10.8. The molecule has 0 aromatic heterocycles. The number of hydrogen-bond donors (Lipinski definition) is 0. The molecule has 5 heteroatoms. The summed E-state index contributed by atoms with van der Waals surface area (Å²) in [5.41, 5.74) is 3.49. The lowest BCUT2D eigenvalue weighted by Gasteiger charge is -2.11. The van der Waals surface area contributed by atoms with Crippen LogP contribution in [0.15, 0.2) is 89.9 Å². The third-order valence-corrected chi connectivity index (χ3v) is 4.10. The highest BCUT2D eigenvalue weighted by atomic mass is 16.6. The molecule has 0 bridgehead atoms. The number of nitriles is 1. The zero-order valence-electron chi connectivity index (χ0n) is 14.5. The molecule has 27 heavy (non-hydrogen) atoms. The third kappa shape index (κ3) is 4.65. The van der Waals surface area contributed by atoms with Crippen LogP contribution in [0.25, 0.3) is 0 Å². The zero-order chi connectivity index (χ0) is 19.1. The highest BCUT2D eigenvalue weighted by molar-refractivity contribution is 6.13. The van der Waals surface area contributed by atoms with Gasteiger partial charge in [0.2, 0.25) is 0 Å². The van der Waals surface area contributed by atoms with E-state index in [0.29, 0.717) is 6.42 Å². The number of aliphatic imine (C=N–C) groups is 1. The van der Waals surface area contributed by atoms with Crippen molar-refractivity contribution in [3.8, 4) is 6.07 Å². The van der Waals surface area contributed by atoms with Crippen LogP contribution in [0, 0.1) is 21.4 Å². The molecule has 0 N–H and O–H groups in total. The number of nitro groups is 1. The van der Waals surface area contributed by atoms with E-state index in [2.05, 4.69) is 6.07 Å². The molecule has 0 amide bonds. The molecule has 0 aliphatic carbocycles. The van der Waals surface area contributed by atoms with Gasteiger partial charge in [0, 0.05) is 29.7 Å². The van der Waals surface area contributed by atoms with E-state index in [1.807, 2.05) is 60.7 Å². The lowest BCUT2D eigenvalue weighted by atomic mass is 10.0. The molecule has 0 radical (unpaired) electrons. The first-order valence-corrected chi connectivity index (χ1v) is 8.49. The molecular weight excluding hydrogens is 338 g/mol. The van der Waals surface area contributed by atoms with Crippen LogP contribution in [-0.2, 0) is 6.42 Å². The van der Waals surface area contributed by atoms with Crippen molar-refractivity contribution in [1.82, 2.24) is 0 Å². The maximum atomic E-state index is 10.8. The third-order valence-electron chi connectivity index (χ3n) is 4.10. The average Bonchev–Trinajstić information content (AvgIpc) is 2.72. The summed E-state index contributed by atoms with van der Waals surface area (Å²) in [7, 11) is 0. The van der Waals surface area contributed by atoms with Crippen LogP contribution in [-0.4, -0.2) is 16.7 Å². The van der Waals surface area contributed by atoms with E-state index in [9.17, 15) is 15.4 Å². The Bertz CT molecular complexity index is 934. The second-order valence-corrected chi connectivity index (χ2v) is 5.98.